The van der Waals surface area contributed by atoms with Crippen molar-refractivity contribution in [3.63, 3.8) is 0 Å². The van der Waals surface area contributed by atoms with Crippen LogP contribution in [0, 0.1) is 0 Å². The van der Waals surface area contributed by atoms with Crippen molar-refractivity contribution in [3.8, 4) is 22.6 Å². The first kappa shape index (κ1) is 29.8. The molecule has 3 atom stereocenters. The van der Waals surface area contributed by atoms with Gasteiger partial charge < -0.3 is 9.47 Å². The van der Waals surface area contributed by atoms with Gasteiger partial charge in [-0.1, -0.05) is 97.1 Å². The summed E-state index contributed by atoms with van der Waals surface area (Å²) in [6.45, 7) is 0.780. The predicted molar refractivity (Wildman–Crippen MR) is 217 cm³/mol. The van der Waals surface area contributed by atoms with E-state index >= 15 is 0 Å². The molecule has 3 unspecified atom stereocenters. The monoisotopic (exact) mass is 694 g/mol. The van der Waals surface area contributed by atoms with Crippen LogP contribution < -0.4 is 9.47 Å². The molecule has 0 bridgehead atoms. The molecule has 0 radical (unpaired) electrons. The van der Waals surface area contributed by atoms with E-state index in [9.17, 15) is 0 Å². The van der Waals surface area contributed by atoms with Crippen molar-refractivity contribution >= 4 is 66.6 Å². The Hall–Kier alpha value is -4.90. The number of hydrogen-bond acceptors (Lipinski definition) is 4. The summed E-state index contributed by atoms with van der Waals surface area (Å²) in [7, 11) is 0. The van der Waals surface area contributed by atoms with Gasteiger partial charge in [-0.15, -0.1) is 11.8 Å². The molecule has 0 aromatic heterocycles. The third kappa shape index (κ3) is 4.80. The summed E-state index contributed by atoms with van der Waals surface area (Å²) in [4.78, 5) is 0. The summed E-state index contributed by atoms with van der Waals surface area (Å²) < 4.78 is 12.5. The summed E-state index contributed by atoms with van der Waals surface area (Å²) in [6.07, 6.45) is 1.12. The second kappa shape index (κ2) is 11.6. The van der Waals surface area contributed by atoms with E-state index in [-0.39, 0.29) is 5.44 Å². The van der Waals surface area contributed by atoms with Gasteiger partial charge in [-0.3, -0.25) is 0 Å². The molecule has 2 nitrogen and oxygen atoms in total. The normalized spacial score (nSPS) is 20.3. The molecule has 0 N–H and O–H groups in total. The van der Waals surface area contributed by atoms with E-state index in [1.807, 2.05) is 23.5 Å². The summed E-state index contributed by atoms with van der Waals surface area (Å²) in [5.41, 5.74) is 7.56. The summed E-state index contributed by atoms with van der Waals surface area (Å²) >= 11 is 3.86. The Labute approximate surface area is 305 Å². The number of rotatable bonds is 7. The van der Waals surface area contributed by atoms with Crippen LogP contribution in [0.3, 0.4) is 0 Å². The maximum absolute atomic E-state index is 6.28. The minimum atomic E-state index is -0.544. The van der Waals surface area contributed by atoms with Crippen molar-refractivity contribution < 1.29 is 9.47 Å². The Kier molecular flexibility index (Phi) is 6.75. The number of benzene rings is 8. The quantitative estimate of drug-likeness (QED) is 0.155. The lowest BCUT2D eigenvalue weighted by Gasteiger charge is -2.34. The molecular formula is C47H34O2S2. The topological polar surface area (TPSA) is 18.5 Å². The van der Waals surface area contributed by atoms with Crippen LogP contribution in [0.15, 0.2) is 146 Å². The maximum Gasteiger partial charge on any atom is 0.145 e. The summed E-state index contributed by atoms with van der Waals surface area (Å²) in [6, 6.07) is 54.7. The van der Waals surface area contributed by atoms with Gasteiger partial charge in [-0.25, -0.2) is 0 Å². The zero-order valence-corrected chi connectivity index (χ0v) is 29.6. The molecule has 8 aromatic carbocycles. The van der Waals surface area contributed by atoms with Crippen LogP contribution in [0.1, 0.15) is 28.7 Å². The van der Waals surface area contributed by atoms with E-state index in [0.717, 1.165) is 24.5 Å². The Bertz CT molecular complexity index is 2690. The van der Waals surface area contributed by atoms with Gasteiger partial charge in [-0.05, 0) is 125 Å². The lowest BCUT2D eigenvalue weighted by atomic mass is 9.67. The van der Waals surface area contributed by atoms with Crippen LogP contribution in [0.25, 0.3) is 54.2 Å². The average molecular weight is 695 g/mol. The molecule has 11 rings (SSSR count). The Morgan fingerprint density at radius 2 is 1.14 bits per heavy atom. The highest BCUT2D eigenvalue weighted by Gasteiger charge is 2.47. The molecule has 0 amide bonds. The standard InChI is InChI=1S/C47H34O2S2/c1-2-7-31-26-44-42(25-30(31)6-1)46-41-8-4-3-5-29(41)13-18-43(46)47(44,36-14-9-34-23-38(16-11-32(34)21-36)48-27-40-28-51-40)37-15-10-35-24-39(17-12-33(35)22-37)49-45-19-20-50-45/h1-18,21-26,40,45H,19-20,27-28H2. The molecular weight excluding hydrogens is 661 g/mol. The number of thioether (sulfide) groups is 2. The van der Waals surface area contributed by atoms with Crippen molar-refractivity contribution in [3.05, 3.63) is 168 Å². The van der Waals surface area contributed by atoms with Gasteiger partial charge >= 0.3 is 0 Å². The van der Waals surface area contributed by atoms with Crippen molar-refractivity contribution in [2.45, 2.75) is 22.5 Å². The van der Waals surface area contributed by atoms with Crippen LogP contribution in [0.5, 0.6) is 11.5 Å². The fourth-order valence-corrected chi connectivity index (χ4v) is 9.46. The highest BCUT2D eigenvalue weighted by atomic mass is 32.2. The summed E-state index contributed by atoms with van der Waals surface area (Å²) in [5.74, 6) is 4.28. The van der Waals surface area contributed by atoms with E-state index in [0.29, 0.717) is 5.25 Å². The largest absolute Gasteiger partial charge is 0.492 e. The van der Waals surface area contributed by atoms with Gasteiger partial charge in [0.25, 0.3) is 0 Å². The molecule has 51 heavy (non-hydrogen) atoms. The molecule has 4 heteroatoms. The van der Waals surface area contributed by atoms with Gasteiger partial charge in [0.15, 0.2) is 0 Å². The van der Waals surface area contributed by atoms with E-state index in [1.54, 1.807) is 0 Å². The first-order valence-corrected chi connectivity index (χ1v) is 20.0. The smallest absolute Gasteiger partial charge is 0.145 e. The first-order chi connectivity index (χ1) is 25.2. The number of ether oxygens (including phenoxy) is 2. The number of hydrogen-bond donors (Lipinski definition) is 0. The molecule has 246 valence electrons. The van der Waals surface area contributed by atoms with E-state index < -0.39 is 5.41 Å². The predicted octanol–water partition coefficient (Wildman–Crippen LogP) is 12.0. The summed E-state index contributed by atoms with van der Waals surface area (Å²) in [5, 5.41) is 10.5. The van der Waals surface area contributed by atoms with Gasteiger partial charge in [-0.2, -0.15) is 11.8 Å². The minimum absolute atomic E-state index is 0.272. The molecule has 2 fully saturated rings. The van der Waals surface area contributed by atoms with Gasteiger partial charge in [0.05, 0.1) is 5.41 Å². The maximum atomic E-state index is 6.28. The Balaban J connectivity index is 1.18. The van der Waals surface area contributed by atoms with Crippen molar-refractivity contribution in [1.82, 2.24) is 0 Å². The second-order valence-electron chi connectivity index (χ2n) is 14.1. The Morgan fingerprint density at radius 1 is 0.549 bits per heavy atom. The van der Waals surface area contributed by atoms with Crippen molar-refractivity contribution in [2.75, 3.05) is 18.1 Å². The van der Waals surface area contributed by atoms with Crippen LogP contribution in [-0.2, 0) is 5.41 Å². The molecule has 0 spiro atoms. The molecule has 8 aromatic rings. The van der Waals surface area contributed by atoms with E-state index in [2.05, 4.69) is 146 Å². The van der Waals surface area contributed by atoms with Crippen LogP contribution in [0.2, 0.25) is 0 Å². The van der Waals surface area contributed by atoms with Gasteiger partial charge in [0.2, 0.25) is 0 Å². The van der Waals surface area contributed by atoms with Crippen LogP contribution in [-0.4, -0.2) is 28.8 Å². The molecule has 2 aliphatic heterocycles. The fraction of sp³-hybridized carbons (Fsp3) is 0.149. The van der Waals surface area contributed by atoms with E-state index in [4.69, 9.17) is 9.47 Å². The average Bonchev–Trinajstić information content (AvgIpc) is 3.95. The van der Waals surface area contributed by atoms with Gasteiger partial charge in [0.1, 0.15) is 23.5 Å². The zero-order chi connectivity index (χ0) is 33.5. The zero-order valence-electron chi connectivity index (χ0n) is 28.0. The van der Waals surface area contributed by atoms with Crippen molar-refractivity contribution in [2.24, 2.45) is 0 Å². The SMILES string of the molecule is c1ccc2cc3c(cc2c1)-c1c(ccc2ccccc12)C3(c1ccc2cc(OCC3CS3)ccc2c1)c1ccc2cc(OC3CCS3)ccc2c1. The molecule has 2 heterocycles. The molecule has 1 aliphatic carbocycles. The first-order valence-electron chi connectivity index (χ1n) is 17.9. The van der Waals surface area contributed by atoms with Crippen LogP contribution >= 0.6 is 23.5 Å². The highest BCUT2D eigenvalue weighted by molar-refractivity contribution is 8.06. The molecule has 3 aliphatic rings. The molecule has 2 saturated heterocycles. The van der Waals surface area contributed by atoms with Crippen LogP contribution in [0.4, 0.5) is 0 Å². The van der Waals surface area contributed by atoms with E-state index in [1.165, 1.54) is 88.0 Å². The highest BCUT2D eigenvalue weighted by Crippen LogP contribution is 2.59. The minimum Gasteiger partial charge on any atom is -0.492 e. The third-order valence-electron chi connectivity index (χ3n) is 11.1. The lowest BCUT2D eigenvalue weighted by Crippen LogP contribution is -2.28. The Morgan fingerprint density at radius 3 is 1.84 bits per heavy atom. The van der Waals surface area contributed by atoms with Gasteiger partial charge in [0, 0.05) is 23.2 Å². The molecule has 0 saturated carbocycles. The second-order valence-corrected chi connectivity index (χ2v) is 16.7. The fourth-order valence-electron chi connectivity index (χ4n) is 8.45. The lowest BCUT2D eigenvalue weighted by molar-refractivity contribution is 0.272. The third-order valence-corrected chi connectivity index (χ3v) is 13.3. The van der Waals surface area contributed by atoms with Crippen molar-refractivity contribution in [1.29, 1.82) is 0 Å². The number of fused-ring (bicyclic) bond motifs is 8.